The maximum absolute atomic E-state index is 13.5. The molecule has 3 aliphatic rings. The van der Waals surface area contributed by atoms with Crippen molar-refractivity contribution in [3.63, 3.8) is 0 Å². The van der Waals surface area contributed by atoms with Crippen LogP contribution in [-0.4, -0.2) is 65.0 Å². The molecule has 2 aliphatic heterocycles. The average Bonchev–Trinajstić information content (AvgIpc) is 3.03. The van der Waals surface area contributed by atoms with Crippen molar-refractivity contribution in [1.82, 2.24) is 14.4 Å². The summed E-state index contributed by atoms with van der Waals surface area (Å²) < 4.78 is 19.3. The second-order valence-electron chi connectivity index (χ2n) is 14.1. The molecule has 1 aliphatic carbocycles. The highest BCUT2D eigenvalue weighted by molar-refractivity contribution is 5.83. The Morgan fingerprint density at radius 1 is 0.911 bits per heavy atom. The molecule has 1 saturated heterocycles. The molecule has 8 nitrogen and oxygen atoms in total. The minimum atomic E-state index is -0.580. The van der Waals surface area contributed by atoms with Gasteiger partial charge in [0, 0.05) is 50.2 Å². The van der Waals surface area contributed by atoms with Gasteiger partial charge in [-0.05, 0) is 94.2 Å². The van der Waals surface area contributed by atoms with Gasteiger partial charge in [0.25, 0.3) is 5.56 Å². The second-order valence-corrected chi connectivity index (χ2v) is 14.1. The maximum atomic E-state index is 13.5. The number of hydrogen-bond donors (Lipinski definition) is 0. The van der Waals surface area contributed by atoms with Gasteiger partial charge in [0.15, 0.2) is 11.5 Å². The Morgan fingerprint density at radius 2 is 1.64 bits per heavy atom. The van der Waals surface area contributed by atoms with Crippen LogP contribution in [0, 0.1) is 6.92 Å². The van der Waals surface area contributed by atoms with Crippen molar-refractivity contribution < 1.29 is 19.0 Å². The number of nitrogens with zero attached hydrogens (tertiary/aromatic N) is 3. The number of amides is 1. The first-order valence-corrected chi connectivity index (χ1v) is 16.9. The molecule has 0 spiro atoms. The Balaban J connectivity index is 1.14. The van der Waals surface area contributed by atoms with Crippen molar-refractivity contribution in [1.29, 1.82) is 0 Å². The van der Waals surface area contributed by atoms with Crippen LogP contribution >= 0.6 is 0 Å². The summed E-state index contributed by atoms with van der Waals surface area (Å²) in [6.07, 6.45) is 7.80. The van der Waals surface area contributed by atoms with Crippen molar-refractivity contribution in [2.24, 2.45) is 0 Å². The molecular formula is C37H49N3O5. The van der Waals surface area contributed by atoms with E-state index in [0.717, 1.165) is 60.6 Å². The molecule has 6 rings (SSSR count). The number of benzene rings is 2. The van der Waals surface area contributed by atoms with Crippen molar-refractivity contribution >= 4 is 17.0 Å². The van der Waals surface area contributed by atoms with Crippen LogP contribution < -0.4 is 15.0 Å². The number of pyridine rings is 1. The number of fused-ring (bicyclic) bond motifs is 2. The van der Waals surface area contributed by atoms with Crippen LogP contribution in [0.25, 0.3) is 10.9 Å². The number of carbonyl (C=O) groups excluding carboxylic acids is 1. The number of ether oxygens (including phenoxy) is 3. The van der Waals surface area contributed by atoms with E-state index in [-0.39, 0.29) is 17.7 Å². The fourth-order valence-corrected chi connectivity index (χ4v) is 7.23. The molecule has 45 heavy (non-hydrogen) atoms. The van der Waals surface area contributed by atoms with Gasteiger partial charge in [-0.15, -0.1) is 0 Å². The minimum absolute atomic E-state index is 0.0604. The molecule has 0 unspecified atom stereocenters. The van der Waals surface area contributed by atoms with Gasteiger partial charge in [-0.3, -0.25) is 4.79 Å². The van der Waals surface area contributed by atoms with Gasteiger partial charge < -0.3 is 28.6 Å². The molecule has 2 fully saturated rings. The SMILES string of the molecule is Cc1cc(=O)n(CCN2CCC(N(Cc3ccc4c(c3)OCCO4)C(=O)OC(C)(C)C)CC2)c2cc(C3CCCCC3)ccc12. The average molecular weight is 616 g/mol. The van der Waals surface area contributed by atoms with E-state index in [2.05, 4.69) is 23.1 Å². The fourth-order valence-electron chi connectivity index (χ4n) is 7.23. The summed E-state index contributed by atoms with van der Waals surface area (Å²) in [6.45, 7) is 12.5. The van der Waals surface area contributed by atoms with Crippen LogP contribution in [0.4, 0.5) is 4.79 Å². The van der Waals surface area contributed by atoms with E-state index in [1.165, 1.54) is 43.1 Å². The third-order valence-corrected chi connectivity index (χ3v) is 9.65. The number of rotatable bonds is 7. The summed E-state index contributed by atoms with van der Waals surface area (Å²) in [5.41, 5.74) is 3.97. The molecule has 0 atom stereocenters. The van der Waals surface area contributed by atoms with Gasteiger partial charge in [-0.2, -0.15) is 0 Å². The third-order valence-electron chi connectivity index (χ3n) is 9.65. The van der Waals surface area contributed by atoms with Crippen LogP contribution in [0.1, 0.15) is 88.3 Å². The molecule has 242 valence electrons. The van der Waals surface area contributed by atoms with E-state index in [1.54, 1.807) is 6.07 Å². The Bertz CT molecular complexity index is 1560. The number of likely N-dealkylation sites (tertiary alicyclic amines) is 1. The first-order chi connectivity index (χ1) is 21.6. The molecule has 3 heterocycles. The van der Waals surface area contributed by atoms with Gasteiger partial charge in [0.2, 0.25) is 0 Å². The summed E-state index contributed by atoms with van der Waals surface area (Å²) in [7, 11) is 0. The lowest BCUT2D eigenvalue weighted by molar-refractivity contribution is 0.00562. The van der Waals surface area contributed by atoms with Gasteiger partial charge in [0.05, 0.1) is 5.52 Å². The van der Waals surface area contributed by atoms with E-state index < -0.39 is 5.60 Å². The number of aromatic nitrogens is 1. The Labute approximate surface area is 267 Å². The topological polar surface area (TPSA) is 73.2 Å². The summed E-state index contributed by atoms with van der Waals surface area (Å²) in [5.74, 6) is 2.07. The molecule has 1 amide bonds. The zero-order chi connectivity index (χ0) is 31.6. The van der Waals surface area contributed by atoms with Crippen LogP contribution in [0.5, 0.6) is 11.5 Å². The molecule has 3 aromatic rings. The molecule has 0 bridgehead atoms. The highest BCUT2D eigenvalue weighted by Crippen LogP contribution is 2.35. The minimum Gasteiger partial charge on any atom is -0.486 e. The lowest BCUT2D eigenvalue weighted by atomic mass is 9.83. The van der Waals surface area contributed by atoms with Gasteiger partial charge >= 0.3 is 6.09 Å². The zero-order valence-corrected chi connectivity index (χ0v) is 27.5. The monoisotopic (exact) mass is 615 g/mol. The predicted molar refractivity (Wildman–Crippen MR) is 177 cm³/mol. The summed E-state index contributed by atoms with van der Waals surface area (Å²) in [4.78, 5) is 31.1. The third kappa shape index (κ3) is 7.49. The van der Waals surface area contributed by atoms with E-state index in [1.807, 2.05) is 55.4 Å². The van der Waals surface area contributed by atoms with Gasteiger partial charge in [-0.25, -0.2) is 4.79 Å². The van der Waals surface area contributed by atoms with E-state index in [0.29, 0.717) is 32.2 Å². The smallest absolute Gasteiger partial charge is 0.410 e. The van der Waals surface area contributed by atoms with Crippen LogP contribution in [0.3, 0.4) is 0 Å². The van der Waals surface area contributed by atoms with E-state index >= 15 is 0 Å². The number of carbonyl (C=O) groups is 1. The van der Waals surface area contributed by atoms with Crippen molar-refractivity contribution in [2.75, 3.05) is 32.8 Å². The van der Waals surface area contributed by atoms with E-state index in [9.17, 15) is 9.59 Å². The number of aryl methyl sites for hydroxylation is 1. The quantitative estimate of drug-likeness (QED) is 0.284. The van der Waals surface area contributed by atoms with Crippen molar-refractivity contribution in [3.05, 3.63) is 69.5 Å². The number of hydrogen-bond acceptors (Lipinski definition) is 6. The largest absolute Gasteiger partial charge is 0.486 e. The summed E-state index contributed by atoms with van der Waals surface area (Å²) in [5, 5.41) is 1.17. The molecule has 0 radical (unpaired) electrons. The summed E-state index contributed by atoms with van der Waals surface area (Å²) in [6, 6.07) is 14.6. The fraction of sp³-hybridized carbons (Fsp3) is 0.568. The van der Waals surface area contributed by atoms with E-state index in [4.69, 9.17) is 14.2 Å². The summed E-state index contributed by atoms with van der Waals surface area (Å²) >= 11 is 0. The normalized spacial score (nSPS) is 18.2. The maximum Gasteiger partial charge on any atom is 0.410 e. The van der Waals surface area contributed by atoms with Gasteiger partial charge in [0.1, 0.15) is 18.8 Å². The first-order valence-electron chi connectivity index (χ1n) is 16.9. The van der Waals surface area contributed by atoms with Crippen LogP contribution in [0.15, 0.2) is 47.3 Å². The second kappa shape index (κ2) is 13.5. The van der Waals surface area contributed by atoms with Crippen molar-refractivity contribution in [3.8, 4) is 11.5 Å². The Kier molecular flexibility index (Phi) is 9.41. The molecule has 0 N–H and O–H groups in total. The predicted octanol–water partition coefficient (Wildman–Crippen LogP) is 7.03. The lowest BCUT2D eigenvalue weighted by Crippen LogP contribution is -2.49. The van der Waals surface area contributed by atoms with Crippen molar-refractivity contribution in [2.45, 2.75) is 103 Å². The van der Waals surface area contributed by atoms with Gasteiger partial charge in [-0.1, -0.05) is 37.5 Å². The highest BCUT2D eigenvalue weighted by atomic mass is 16.6. The molecule has 1 saturated carbocycles. The molecule has 2 aromatic carbocycles. The number of piperidine rings is 1. The molecular weight excluding hydrogens is 566 g/mol. The molecule has 8 heteroatoms. The van der Waals surface area contributed by atoms with Crippen LogP contribution in [0.2, 0.25) is 0 Å². The standard InChI is InChI=1S/C37H49N3O5/c1-26-22-35(41)39(32-24-29(11-12-31(26)32)28-8-6-5-7-9-28)19-18-38-16-14-30(15-17-38)40(36(42)45-37(2,3)4)25-27-10-13-33-34(23-27)44-21-20-43-33/h10-13,22-24,28,30H,5-9,14-21,25H2,1-4H3. The first kappa shape index (κ1) is 31.5. The Morgan fingerprint density at radius 3 is 2.38 bits per heavy atom. The lowest BCUT2D eigenvalue weighted by Gasteiger charge is -2.39. The molecule has 1 aromatic heterocycles. The Hall–Kier alpha value is -3.52. The highest BCUT2D eigenvalue weighted by Gasteiger charge is 2.32. The zero-order valence-electron chi connectivity index (χ0n) is 27.5. The van der Waals surface area contributed by atoms with Crippen LogP contribution in [-0.2, 0) is 17.8 Å².